The first-order valence-electron chi connectivity index (χ1n) is 7.95. The maximum atomic E-state index is 13.1. The van der Waals surface area contributed by atoms with Crippen molar-refractivity contribution in [1.82, 2.24) is 0 Å². The van der Waals surface area contributed by atoms with E-state index in [1.807, 2.05) is 0 Å². The zero-order chi connectivity index (χ0) is 24.3. The molecule has 19 heteroatoms. The second-order valence-corrected chi connectivity index (χ2v) is 12.4. The third-order valence-corrected chi connectivity index (χ3v) is 8.30. The van der Waals surface area contributed by atoms with Gasteiger partial charge in [-0.2, -0.15) is 12.8 Å². The molecule has 0 unspecified atom stereocenters. The Morgan fingerprint density at radius 1 is 0.882 bits per heavy atom. The van der Waals surface area contributed by atoms with Crippen molar-refractivity contribution >= 4 is 65.3 Å². The van der Waals surface area contributed by atoms with E-state index in [0.717, 1.165) is 24.3 Å². The van der Waals surface area contributed by atoms with Crippen LogP contribution in [0.2, 0.25) is 10.0 Å². The summed E-state index contributed by atoms with van der Waals surface area (Å²) in [5.41, 5.74) is -0.670. The first-order valence-corrected chi connectivity index (χ1v) is 14.3. The van der Waals surface area contributed by atoms with Gasteiger partial charge in [-0.05, 0) is 47.0 Å². The third-order valence-electron chi connectivity index (χ3n) is 3.80. The van der Waals surface area contributed by atoms with E-state index in [4.69, 9.17) is 27.8 Å². The summed E-state index contributed by atoms with van der Waals surface area (Å²) in [6.45, 7) is 0. The zero-order valence-electron chi connectivity index (χ0n) is 17.4. The van der Waals surface area contributed by atoms with Crippen LogP contribution in [0.5, 0.6) is 0 Å². The molecule has 0 radical (unpaired) electrons. The molecule has 0 aromatic heterocycles. The SMILES string of the molecule is O=S(=O)([O-])Cc1cc(S(=O)(=O)c2ccc(Cl)c(CSOO[O-])c2)cc(CS(=O)(=O)O)c1Cl.[Na+].[Na+]. The molecule has 0 saturated carbocycles. The molecule has 0 heterocycles. The van der Waals surface area contributed by atoms with Crippen molar-refractivity contribution in [3.05, 3.63) is 57.1 Å². The smallest absolute Gasteiger partial charge is 0.748 e. The monoisotopic (exact) mass is 612 g/mol. The molecule has 0 aliphatic heterocycles. The van der Waals surface area contributed by atoms with Crippen molar-refractivity contribution in [2.75, 3.05) is 0 Å². The van der Waals surface area contributed by atoms with Gasteiger partial charge < -0.3 is 9.81 Å². The van der Waals surface area contributed by atoms with Gasteiger partial charge in [0.2, 0.25) is 9.84 Å². The van der Waals surface area contributed by atoms with Gasteiger partial charge in [0.15, 0.2) is 0 Å². The molecule has 0 atom stereocenters. The van der Waals surface area contributed by atoms with Crippen LogP contribution in [0.15, 0.2) is 40.1 Å². The molecule has 0 aliphatic rings. The molecule has 2 aromatic rings. The molecule has 11 nitrogen and oxygen atoms in total. The standard InChI is InChI=1S/C15H14Cl2O11S4.2Na/c16-14-2-1-12(3-9(14)6-29-28-27-18)32(25,26)13-4-10(7-30(19,20)21)15(17)11(5-13)8-31(22,23)24;;/h1-5,18H,6-8H2,(H,19,20,21)(H,22,23,24);;/q;2*+1/p-2. The van der Waals surface area contributed by atoms with E-state index >= 15 is 0 Å². The van der Waals surface area contributed by atoms with Crippen molar-refractivity contribution in [2.45, 2.75) is 27.0 Å². The summed E-state index contributed by atoms with van der Waals surface area (Å²) in [6, 6.07) is 5.15. The van der Waals surface area contributed by atoms with Gasteiger partial charge in [-0.3, -0.25) is 9.59 Å². The van der Waals surface area contributed by atoms with E-state index in [-0.39, 0.29) is 80.3 Å². The maximum Gasteiger partial charge on any atom is 1.00 e. The Morgan fingerprint density at radius 3 is 1.91 bits per heavy atom. The fourth-order valence-electron chi connectivity index (χ4n) is 2.54. The number of hydrogen-bond acceptors (Lipinski definition) is 11. The van der Waals surface area contributed by atoms with Crippen LogP contribution in [0.25, 0.3) is 0 Å². The van der Waals surface area contributed by atoms with Crippen LogP contribution in [0.3, 0.4) is 0 Å². The number of hydrogen-bond donors (Lipinski definition) is 1. The summed E-state index contributed by atoms with van der Waals surface area (Å²) in [6.07, 6.45) is 0. The number of halogens is 2. The summed E-state index contributed by atoms with van der Waals surface area (Å²) in [7, 11) is -14.0. The van der Waals surface area contributed by atoms with Crippen molar-refractivity contribution in [3.63, 3.8) is 0 Å². The van der Waals surface area contributed by atoms with Gasteiger partial charge in [-0.25, -0.2) is 16.8 Å². The maximum absolute atomic E-state index is 13.1. The van der Waals surface area contributed by atoms with Gasteiger partial charge in [-0.1, -0.05) is 23.2 Å². The van der Waals surface area contributed by atoms with Gasteiger partial charge in [0.25, 0.3) is 10.1 Å². The molecule has 0 amide bonds. The largest absolute Gasteiger partial charge is 1.00 e. The van der Waals surface area contributed by atoms with E-state index in [9.17, 15) is 35.1 Å². The summed E-state index contributed by atoms with van der Waals surface area (Å²) in [5, 5.41) is 12.7. The van der Waals surface area contributed by atoms with Crippen LogP contribution in [0.4, 0.5) is 0 Å². The van der Waals surface area contributed by atoms with E-state index in [0.29, 0.717) is 12.0 Å². The summed E-state index contributed by atoms with van der Waals surface area (Å²) < 4.78 is 95.7. The minimum absolute atomic E-state index is 0. The summed E-state index contributed by atoms with van der Waals surface area (Å²) >= 11 is 12.5. The molecule has 178 valence electrons. The predicted octanol–water partition coefficient (Wildman–Crippen LogP) is -4.36. The Morgan fingerprint density at radius 2 is 1.41 bits per heavy atom. The molecule has 0 spiro atoms. The van der Waals surface area contributed by atoms with Crippen LogP contribution in [-0.2, 0) is 56.7 Å². The normalized spacial score (nSPS) is 12.0. The average Bonchev–Trinajstić information content (AvgIpc) is 2.64. The molecule has 0 saturated heterocycles. The summed E-state index contributed by atoms with van der Waals surface area (Å²) in [5.74, 6) is -2.43. The Hall–Kier alpha value is 1.02. The second-order valence-electron chi connectivity index (χ2n) is 6.14. The fraction of sp³-hybridized carbons (Fsp3) is 0.200. The van der Waals surface area contributed by atoms with Crippen molar-refractivity contribution in [3.8, 4) is 0 Å². The molecule has 0 fully saturated rings. The fourth-order valence-corrected chi connectivity index (χ4v) is 6.30. The average molecular weight is 613 g/mol. The molecule has 2 rings (SSSR count). The topological polar surface area (TPSA) is 187 Å². The van der Waals surface area contributed by atoms with E-state index in [1.165, 1.54) is 6.07 Å². The van der Waals surface area contributed by atoms with Gasteiger partial charge in [0.1, 0.15) is 5.75 Å². The molecule has 0 aliphatic carbocycles. The van der Waals surface area contributed by atoms with Crippen molar-refractivity contribution in [1.29, 1.82) is 0 Å². The Kier molecular flexibility index (Phi) is 14.7. The number of sulfone groups is 1. The second kappa shape index (κ2) is 14.2. The van der Waals surface area contributed by atoms with Crippen LogP contribution >= 0.6 is 35.2 Å². The van der Waals surface area contributed by atoms with Gasteiger partial charge in [0.05, 0.1) is 25.7 Å². The first-order chi connectivity index (χ1) is 14.6. The molecular weight excluding hydrogens is 601 g/mol. The molecule has 0 bridgehead atoms. The van der Waals surface area contributed by atoms with E-state index < -0.39 is 62.6 Å². The Bertz CT molecular complexity index is 1280. The quantitative estimate of drug-likeness (QED) is 0.0679. The minimum atomic E-state index is -4.92. The zero-order valence-corrected chi connectivity index (χ0v) is 26.2. The van der Waals surface area contributed by atoms with Crippen LogP contribution < -0.4 is 64.4 Å². The van der Waals surface area contributed by atoms with E-state index in [2.05, 4.69) is 9.37 Å². The van der Waals surface area contributed by atoms with Gasteiger partial charge in [0, 0.05) is 27.8 Å². The molecular formula is C15H12Cl2Na2O11S4. The number of benzene rings is 2. The third kappa shape index (κ3) is 10.4. The molecule has 2 aromatic carbocycles. The van der Waals surface area contributed by atoms with Crippen LogP contribution in [0.1, 0.15) is 16.7 Å². The minimum Gasteiger partial charge on any atom is -0.748 e. The van der Waals surface area contributed by atoms with Gasteiger partial charge >= 0.3 is 59.1 Å². The predicted molar refractivity (Wildman–Crippen MR) is 110 cm³/mol. The van der Waals surface area contributed by atoms with Crippen LogP contribution in [0, 0.1) is 0 Å². The van der Waals surface area contributed by atoms with Crippen molar-refractivity contribution < 1.29 is 108 Å². The first kappa shape index (κ1) is 35.0. The van der Waals surface area contributed by atoms with Gasteiger partial charge in [-0.15, -0.1) is 0 Å². The van der Waals surface area contributed by atoms with Crippen molar-refractivity contribution in [2.24, 2.45) is 0 Å². The Balaban J connectivity index is 0.00000544. The molecule has 34 heavy (non-hydrogen) atoms. The number of rotatable bonds is 10. The molecule has 1 N–H and O–H groups in total. The van der Waals surface area contributed by atoms with Crippen LogP contribution in [-0.4, -0.2) is 34.4 Å². The van der Waals surface area contributed by atoms with E-state index in [1.54, 1.807) is 0 Å². The summed E-state index contributed by atoms with van der Waals surface area (Å²) in [4.78, 5) is -0.920. The Labute approximate surface area is 254 Å².